The molecular formula is C18H17N3OS2. The average molecular weight is 355 g/mol. The summed E-state index contributed by atoms with van der Waals surface area (Å²) in [5.41, 5.74) is 3.18. The maximum Gasteiger partial charge on any atom is 0.232 e. The molecule has 1 saturated carbocycles. The van der Waals surface area contributed by atoms with Crippen molar-refractivity contribution in [1.29, 1.82) is 0 Å². The number of carbonyl (C=O) groups excluding carboxylic acids is 1. The van der Waals surface area contributed by atoms with Gasteiger partial charge in [0.2, 0.25) is 5.91 Å². The van der Waals surface area contributed by atoms with Crippen LogP contribution in [0.5, 0.6) is 0 Å². The van der Waals surface area contributed by atoms with Gasteiger partial charge in [0.05, 0.1) is 22.8 Å². The molecular weight excluding hydrogens is 338 g/mol. The molecule has 1 aliphatic carbocycles. The van der Waals surface area contributed by atoms with Crippen molar-refractivity contribution in [2.45, 2.75) is 31.6 Å². The van der Waals surface area contributed by atoms with E-state index < -0.39 is 0 Å². The molecule has 0 unspecified atom stereocenters. The number of rotatable bonds is 6. The fourth-order valence-corrected chi connectivity index (χ4v) is 4.16. The smallest absolute Gasteiger partial charge is 0.232 e. The molecule has 1 aromatic carbocycles. The van der Waals surface area contributed by atoms with Crippen LogP contribution < -0.4 is 5.32 Å². The van der Waals surface area contributed by atoms with Crippen LogP contribution in [0.15, 0.2) is 41.1 Å². The molecule has 4 rings (SSSR count). The summed E-state index contributed by atoms with van der Waals surface area (Å²) in [5, 5.41) is 8.64. The second-order valence-corrected chi connectivity index (χ2v) is 7.77. The summed E-state index contributed by atoms with van der Waals surface area (Å²) in [4.78, 5) is 21.2. The van der Waals surface area contributed by atoms with Crippen molar-refractivity contribution in [3.05, 3.63) is 63.1 Å². The van der Waals surface area contributed by atoms with Crippen molar-refractivity contribution in [2.24, 2.45) is 0 Å². The number of aromatic nitrogens is 2. The lowest BCUT2D eigenvalue weighted by Gasteiger charge is -1.99. The van der Waals surface area contributed by atoms with E-state index in [1.807, 2.05) is 29.0 Å². The summed E-state index contributed by atoms with van der Waals surface area (Å²) < 4.78 is 0. The number of nitrogens with zero attached hydrogens (tertiary/aromatic N) is 2. The van der Waals surface area contributed by atoms with E-state index in [2.05, 4.69) is 27.4 Å². The molecule has 0 atom stereocenters. The first-order valence-corrected chi connectivity index (χ1v) is 9.74. The Bertz CT molecular complexity index is 837. The third kappa shape index (κ3) is 3.88. The molecule has 2 aromatic heterocycles. The molecule has 4 nitrogen and oxygen atoms in total. The molecule has 24 heavy (non-hydrogen) atoms. The van der Waals surface area contributed by atoms with Gasteiger partial charge in [0.15, 0.2) is 5.13 Å². The van der Waals surface area contributed by atoms with E-state index in [1.54, 1.807) is 11.3 Å². The zero-order chi connectivity index (χ0) is 16.4. The Hall–Kier alpha value is -2.05. The third-order valence-corrected chi connectivity index (χ3v) is 5.58. The van der Waals surface area contributed by atoms with Crippen molar-refractivity contribution in [1.82, 2.24) is 9.97 Å². The Morgan fingerprint density at radius 2 is 1.96 bits per heavy atom. The lowest BCUT2D eigenvalue weighted by molar-refractivity contribution is -0.115. The van der Waals surface area contributed by atoms with E-state index in [-0.39, 0.29) is 5.91 Å². The molecule has 0 radical (unpaired) electrons. The van der Waals surface area contributed by atoms with Gasteiger partial charge in [0, 0.05) is 23.1 Å². The SMILES string of the molecule is O=C(Cc1csc(Cc2ccccc2)n1)Nc1nc(C2CC2)cs1. The van der Waals surface area contributed by atoms with E-state index in [9.17, 15) is 4.79 Å². The number of amides is 1. The molecule has 1 N–H and O–H groups in total. The summed E-state index contributed by atoms with van der Waals surface area (Å²) in [5.74, 6) is 0.564. The summed E-state index contributed by atoms with van der Waals surface area (Å²) in [7, 11) is 0. The van der Waals surface area contributed by atoms with Crippen LogP contribution in [0.3, 0.4) is 0 Å². The summed E-state index contributed by atoms with van der Waals surface area (Å²) in [6.07, 6.45) is 3.55. The maximum absolute atomic E-state index is 12.2. The topological polar surface area (TPSA) is 54.9 Å². The van der Waals surface area contributed by atoms with Crippen molar-refractivity contribution in [3.8, 4) is 0 Å². The molecule has 2 heterocycles. The molecule has 1 amide bonds. The molecule has 6 heteroatoms. The first-order valence-electron chi connectivity index (χ1n) is 7.99. The predicted octanol–water partition coefficient (Wildman–Crippen LogP) is 4.25. The Labute approximate surface area is 148 Å². The van der Waals surface area contributed by atoms with Crippen LogP contribution in [-0.4, -0.2) is 15.9 Å². The largest absolute Gasteiger partial charge is 0.302 e. The highest BCUT2D eigenvalue weighted by molar-refractivity contribution is 7.14. The zero-order valence-electron chi connectivity index (χ0n) is 13.1. The second kappa shape index (κ2) is 6.83. The standard InChI is InChI=1S/C18H17N3OS2/c22-16(21-18-20-15(11-24-18)13-6-7-13)9-14-10-23-17(19-14)8-12-4-2-1-3-5-12/h1-5,10-11,13H,6-9H2,(H,20,21,22). The van der Waals surface area contributed by atoms with Crippen molar-refractivity contribution >= 4 is 33.7 Å². The van der Waals surface area contributed by atoms with Gasteiger partial charge in [0.25, 0.3) is 0 Å². The average Bonchev–Trinajstić information content (AvgIpc) is 3.18. The highest BCUT2D eigenvalue weighted by Crippen LogP contribution is 2.40. The summed E-state index contributed by atoms with van der Waals surface area (Å²) >= 11 is 3.11. The Balaban J connectivity index is 1.33. The monoisotopic (exact) mass is 355 g/mol. The highest BCUT2D eigenvalue weighted by Gasteiger charge is 2.26. The molecule has 0 aliphatic heterocycles. The number of carbonyl (C=O) groups is 1. The van der Waals surface area contributed by atoms with Crippen LogP contribution in [0, 0.1) is 0 Å². The lowest BCUT2D eigenvalue weighted by atomic mass is 10.2. The first kappa shape index (κ1) is 15.5. The molecule has 1 aliphatic rings. The zero-order valence-corrected chi connectivity index (χ0v) is 14.7. The number of hydrogen-bond acceptors (Lipinski definition) is 5. The Morgan fingerprint density at radius 3 is 2.75 bits per heavy atom. The highest BCUT2D eigenvalue weighted by atomic mass is 32.1. The Kier molecular flexibility index (Phi) is 4.40. The minimum atomic E-state index is -0.0525. The van der Waals surface area contributed by atoms with Crippen LogP contribution in [0.4, 0.5) is 5.13 Å². The van der Waals surface area contributed by atoms with Crippen LogP contribution >= 0.6 is 22.7 Å². The van der Waals surface area contributed by atoms with Gasteiger partial charge in [-0.2, -0.15) is 0 Å². The maximum atomic E-state index is 12.2. The number of hydrogen-bond donors (Lipinski definition) is 1. The van der Waals surface area contributed by atoms with E-state index in [1.165, 1.54) is 29.7 Å². The molecule has 0 bridgehead atoms. The van der Waals surface area contributed by atoms with Crippen molar-refractivity contribution in [2.75, 3.05) is 5.32 Å². The van der Waals surface area contributed by atoms with Gasteiger partial charge in [-0.3, -0.25) is 4.79 Å². The minimum absolute atomic E-state index is 0.0525. The Morgan fingerprint density at radius 1 is 1.12 bits per heavy atom. The van der Waals surface area contributed by atoms with Gasteiger partial charge >= 0.3 is 0 Å². The van der Waals surface area contributed by atoms with E-state index in [4.69, 9.17) is 0 Å². The molecule has 3 aromatic rings. The molecule has 1 fully saturated rings. The fourth-order valence-electron chi connectivity index (χ4n) is 2.52. The molecule has 0 spiro atoms. The van der Waals surface area contributed by atoms with E-state index in [0.717, 1.165) is 22.8 Å². The van der Waals surface area contributed by atoms with Gasteiger partial charge in [-0.25, -0.2) is 9.97 Å². The lowest BCUT2D eigenvalue weighted by Crippen LogP contribution is -2.14. The first-order chi connectivity index (χ1) is 11.8. The van der Waals surface area contributed by atoms with E-state index >= 15 is 0 Å². The number of nitrogens with one attached hydrogen (secondary N) is 1. The third-order valence-electron chi connectivity index (χ3n) is 3.90. The quantitative estimate of drug-likeness (QED) is 0.719. The van der Waals surface area contributed by atoms with Gasteiger partial charge < -0.3 is 5.32 Å². The summed E-state index contributed by atoms with van der Waals surface area (Å²) in [6, 6.07) is 10.2. The summed E-state index contributed by atoms with van der Waals surface area (Å²) in [6.45, 7) is 0. The number of thiazole rings is 2. The molecule has 0 saturated heterocycles. The number of benzene rings is 1. The van der Waals surface area contributed by atoms with Crippen LogP contribution in [-0.2, 0) is 17.6 Å². The van der Waals surface area contributed by atoms with Gasteiger partial charge in [-0.15, -0.1) is 22.7 Å². The van der Waals surface area contributed by atoms with Gasteiger partial charge in [-0.1, -0.05) is 30.3 Å². The van der Waals surface area contributed by atoms with Crippen LogP contribution in [0.25, 0.3) is 0 Å². The van der Waals surface area contributed by atoms with Gasteiger partial charge in [0.1, 0.15) is 0 Å². The van der Waals surface area contributed by atoms with Crippen LogP contribution in [0.1, 0.15) is 40.7 Å². The van der Waals surface area contributed by atoms with Crippen LogP contribution in [0.2, 0.25) is 0 Å². The second-order valence-electron chi connectivity index (χ2n) is 5.97. The predicted molar refractivity (Wildman–Crippen MR) is 97.8 cm³/mol. The van der Waals surface area contributed by atoms with Crippen molar-refractivity contribution in [3.63, 3.8) is 0 Å². The number of anilines is 1. The van der Waals surface area contributed by atoms with Crippen molar-refractivity contribution < 1.29 is 4.79 Å². The normalized spacial score (nSPS) is 13.8. The van der Waals surface area contributed by atoms with Gasteiger partial charge in [-0.05, 0) is 18.4 Å². The van der Waals surface area contributed by atoms with E-state index in [0.29, 0.717) is 17.5 Å². The minimum Gasteiger partial charge on any atom is -0.302 e. The molecule has 122 valence electrons. The fraction of sp³-hybridized carbons (Fsp3) is 0.278.